The summed E-state index contributed by atoms with van der Waals surface area (Å²) in [5.41, 5.74) is 2.45. The molecule has 0 heterocycles. The molecule has 2 rings (SSSR count). The number of rotatable bonds is 5. The van der Waals surface area contributed by atoms with Crippen molar-refractivity contribution in [1.82, 2.24) is 5.32 Å². The predicted octanol–water partition coefficient (Wildman–Crippen LogP) is 4.11. The van der Waals surface area contributed by atoms with Crippen LogP contribution in [0.25, 0.3) is 0 Å². The normalized spacial score (nSPS) is 14.6. The lowest BCUT2D eigenvalue weighted by molar-refractivity contribution is 0.246. The van der Waals surface area contributed by atoms with Crippen molar-refractivity contribution in [2.24, 2.45) is 0 Å². The molecule has 0 atom stereocenters. The summed E-state index contributed by atoms with van der Waals surface area (Å²) in [6.07, 6.45) is 8.33. The van der Waals surface area contributed by atoms with Crippen LogP contribution in [0.5, 0.6) is 0 Å². The third-order valence-corrected chi connectivity index (χ3v) is 3.74. The Morgan fingerprint density at radius 3 is 2.70 bits per heavy atom. The number of hydrogen-bond donors (Lipinski definition) is 1. The van der Waals surface area contributed by atoms with Crippen molar-refractivity contribution in [2.45, 2.75) is 39.0 Å². The maximum absolute atomic E-state index is 12.2. The van der Waals surface area contributed by atoms with Gasteiger partial charge in [-0.1, -0.05) is 29.8 Å². The predicted molar refractivity (Wildman–Crippen MR) is 84.0 cm³/mol. The van der Waals surface area contributed by atoms with E-state index in [1.165, 1.54) is 31.3 Å². The monoisotopic (exact) mass is 272 g/mol. The van der Waals surface area contributed by atoms with Gasteiger partial charge in [-0.25, -0.2) is 4.79 Å². The summed E-state index contributed by atoms with van der Waals surface area (Å²) in [4.78, 5) is 14.0. The Hall–Kier alpha value is -1.77. The topological polar surface area (TPSA) is 32.3 Å². The number of nitrogens with zero attached hydrogens (tertiary/aromatic N) is 1. The zero-order valence-electron chi connectivity index (χ0n) is 12.3. The van der Waals surface area contributed by atoms with Gasteiger partial charge in [0.1, 0.15) is 0 Å². The summed E-state index contributed by atoms with van der Waals surface area (Å²) >= 11 is 0. The lowest BCUT2D eigenvalue weighted by atomic mass is 9.97. The van der Waals surface area contributed by atoms with Crippen LogP contribution >= 0.6 is 0 Å². The molecule has 0 saturated heterocycles. The van der Waals surface area contributed by atoms with Crippen LogP contribution in [0.2, 0.25) is 0 Å². The van der Waals surface area contributed by atoms with Gasteiger partial charge in [-0.05, 0) is 51.2 Å². The van der Waals surface area contributed by atoms with E-state index in [0.717, 1.165) is 18.7 Å². The molecule has 0 fully saturated rings. The molecule has 20 heavy (non-hydrogen) atoms. The van der Waals surface area contributed by atoms with E-state index in [1.807, 2.05) is 37.3 Å². The maximum atomic E-state index is 12.2. The molecular formula is C17H24N2O. The summed E-state index contributed by atoms with van der Waals surface area (Å²) in [7, 11) is 0. The van der Waals surface area contributed by atoms with E-state index in [4.69, 9.17) is 0 Å². The van der Waals surface area contributed by atoms with Crippen molar-refractivity contribution < 1.29 is 4.79 Å². The van der Waals surface area contributed by atoms with Crippen LogP contribution in [0.4, 0.5) is 10.5 Å². The summed E-state index contributed by atoms with van der Waals surface area (Å²) < 4.78 is 0. The van der Waals surface area contributed by atoms with Crippen molar-refractivity contribution in [2.75, 3.05) is 18.0 Å². The average molecular weight is 272 g/mol. The van der Waals surface area contributed by atoms with Gasteiger partial charge in [-0.3, -0.25) is 4.90 Å². The first-order valence-electron chi connectivity index (χ1n) is 7.59. The number of hydrogen-bond acceptors (Lipinski definition) is 1. The van der Waals surface area contributed by atoms with Crippen LogP contribution in [0, 0.1) is 0 Å². The van der Waals surface area contributed by atoms with Gasteiger partial charge in [0.05, 0.1) is 0 Å². The highest BCUT2D eigenvalue weighted by atomic mass is 16.2. The Kier molecular flexibility index (Phi) is 5.66. The molecule has 108 valence electrons. The summed E-state index contributed by atoms with van der Waals surface area (Å²) in [5.74, 6) is 0. The van der Waals surface area contributed by atoms with Crippen LogP contribution < -0.4 is 10.2 Å². The van der Waals surface area contributed by atoms with Gasteiger partial charge in [0.15, 0.2) is 0 Å². The van der Waals surface area contributed by atoms with Gasteiger partial charge >= 0.3 is 6.03 Å². The number of carbonyl (C=O) groups excluding carboxylic acids is 1. The largest absolute Gasteiger partial charge is 0.337 e. The molecule has 0 radical (unpaired) electrons. The minimum atomic E-state index is -0.00453. The Morgan fingerprint density at radius 1 is 1.25 bits per heavy atom. The van der Waals surface area contributed by atoms with Gasteiger partial charge in [0.2, 0.25) is 0 Å². The second kappa shape index (κ2) is 7.73. The third-order valence-electron chi connectivity index (χ3n) is 3.74. The van der Waals surface area contributed by atoms with Crippen molar-refractivity contribution in [3.05, 3.63) is 42.0 Å². The fourth-order valence-corrected chi connectivity index (χ4v) is 2.61. The quantitative estimate of drug-likeness (QED) is 0.804. The Balaban J connectivity index is 1.82. The lowest BCUT2D eigenvalue weighted by Gasteiger charge is -2.22. The minimum absolute atomic E-state index is 0.00453. The molecule has 3 nitrogen and oxygen atoms in total. The first-order chi connectivity index (χ1) is 9.81. The highest BCUT2D eigenvalue weighted by molar-refractivity contribution is 5.91. The average Bonchev–Trinajstić information content (AvgIpc) is 2.50. The molecule has 0 unspecified atom stereocenters. The van der Waals surface area contributed by atoms with Crippen molar-refractivity contribution in [1.29, 1.82) is 0 Å². The van der Waals surface area contributed by atoms with Crippen molar-refractivity contribution >= 4 is 11.7 Å². The molecular weight excluding hydrogens is 248 g/mol. The second-order valence-electron chi connectivity index (χ2n) is 5.17. The summed E-state index contributed by atoms with van der Waals surface area (Å²) in [5, 5.41) is 3.03. The molecule has 2 amide bonds. The third kappa shape index (κ3) is 4.12. The van der Waals surface area contributed by atoms with Gasteiger partial charge in [0, 0.05) is 18.8 Å². The van der Waals surface area contributed by atoms with Crippen LogP contribution in [0.3, 0.4) is 0 Å². The fourth-order valence-electron chi connectivity index (χ4n) is 2.61. The first-order valence-corrected chi connectivity index (χ1v) is 7.59. The van der Waals surface area contributed by atoms with E-state index in [1.54, 1.807) is 4.90 Å². The van der Waals surface area contributed by atoms with Gasteiger partial charge < -0.3 is 5.32 Å². The molecule has 0 aliphatic heterocycles. The van der Waals surface area contributed by atoms with Crippen LogP contribution in [-0.2, 0) is 0 Å². The van der Waals surface area contributed by atoms with Gasteiger partial charge in [-0.2, -0.15) is 0 Å². The number of para-hydroxylation sites is 1. The summed E-state index contributed by atoms with van der Waals surface area (Å²) in [6, 6.07) is 9.80. The minimum Gasteiger partial charge on any atom is -0.337 e. The van der Waals surface area contributed by atoms with E-state index in [0.29, 0.717) is 6.54 Å². The zero-order valence-corrected chi connectivity index (χ0v) is 12.3. The van der Waals surface area contributed by atoms with Crippen LogP contribution in [-0.4, -0.2) is 19.1 Å². The van der Waals surface area contributed by atoms with Crippen molar-refractivity contribution in [3.63, 3.8) is 0 Å². The molecule has 1 aliphatic carbocycles. The number of benzene rings is 1. The van der Waals surface area contributed by atoms with E-state index in [-0.39, 0.29) is 6.03 Å². The first kappa shape index (κ1) is 14.6. The number of allylic oxidation sites excluding steroid dienone is 1. The fraction of sp³-hybridized carbons (Fsp3) is 0.471. The van der Waals surface area contributed by atoms with E-state index in [9.17, 15) is 4.79 Å². The maximum Gasteiger partial charge on any atom is 0.321 e. The smallest absolute Gasteiger partial charge is 0.321 e. The highest BCUT2D eigenvalue weighted by Gasteiger charge is 2.13. The zero-order chi connectivity index (χ0) is 14.2. The lowest BCUT2D eigenvalue weighted by Crippen LogP contribution is -2.40. The highest BCUT2D eigenvalue weighted by Crippen LogP contribution is 2.19. The molecule has 1 N–H and O–H groups in total. The molecule has 0 saturated carbocycles. The van der Waals surface area contributed by atoms with Crippen LogP contribution in [0.15, 0.2) is 42.0 Å². The summed E-state index contributed by atoms with van der Waals surface area (Å²) in [6.45, 7) is 3.41. The Morgan fingerprint density at radius 2 is 2.05 bits per heavy atom. The Bertz CT molecular complexity index is 453. The molecule has 0 spiro atoms. The molecule has 3 heteroatoms. The number of amides is 2. The molecule has 1 aliphatic rings. The van der Waals surface area contributed by atoms with Gasteiger partial charge in [-0.15, -0.1) is 0 Å². The standard InChI is InChI=1S/C17H24N2O/c1-2-19(16-11-7-4-8-12-16)17(20)18-14-13-15-9-5-3-6-10-15/h4,7-9,11-12H,2-3,5-6,10,13-14H2,1H3,(H,18,20). The van der Waals surface area contributed by atoms with E-state index < -0.39 is 0 Å². The van der Waals surface area contributed by atoms with E-state index >= 15 is 0 Å². The Labute approximate surface area is 121 Å². The molecule has 1 aromatic carbocycles. The number of urea groups is 1. The second-order valence-corrected chi connectivity index (χ2v) is 5.17. The number of carbonyl (C=O) groups is 1. The molecule has 1 aromatic rings. The van der Waals surface area contributed by atoms with Crippen molar-refractivity contribution in [3.8, 4) is 0 Å². The van der Waals surface area contributed by atoms with Gasteiger partial charge in [0.25, 0.3) is 0 Å². The number of anilines is 1. The van der Waals surface area contributed by atoms with Crippen LogP contribution in [0.1, 0.15) is 39.0 Å². The molecule has 0 aromatic heterocycles. The number of nitrogens with one attached hydrogen (secondary N) is 1. The SMILES string of the molecule is CCN(C(=O)NCCC1=CCCCC1)c1ccccc1. The van der Waals surface area contributed by atoms with E-state index in [2.05, 4.69) is 11.4 Å². The molecule has 0 bridgehead atoms.